The lowest BCUT2D eigenvalue weighted by Gasteiger charge is -2.06. The molecule has 1 atom stereocenters. The average molecular weight is 278 g/mol. The summed E-state index contributed by atoms with van der Waals surface area (Å²) in [7, 11) is 0. The second kappa shape index (κ2) is 5.41. The van der Waals surface area contributed by atoms with Crippen molar-refractivity contribution >= 4 is 5.91 Å². The molecular weight excluding hydrogens is 264 g/mol. The SMILES string of the molecule is Cc1cc(-c2noc(CNC(=O)C3CCOC3)n2)no1. The molecule has 20 heavy (non-hydrogen) atoms. The van der Waals surface area contributed by atoms with Crippen LogP contribution in [0.3, 0.4) is 0 Å². The Hall–Kier alpha value is -2.22. The Balaban J connectivity index is 1.58. The van der Waals surface area contributed by atoms with Crippen LogP contribution in [0.2, 0.25) is 0 Å². The van der Waals surface area contributed by atoms with Gasteiger partial charge in [-0.05, 0) is 13.3 Å². The molecule has 3 rings (SSSR count). The minimum atomic E-state index is -0.0874. The summed E-state index contributed by atoms with van der Waals surface area (Å²) in [4.78, 5) is 15.9. The number of aryl methyl sites for hydroxylation is 1. The van der Waals surface area contributed by atoms with E-state index in [9.17, 15) is 4.79 Å². The molecule has 8 heteroatoms. The van der Waals surface area contributed by atoms with Gasteiger partial charge in [0.05, 0.1) is 19.1 Å². The molecule has 8 nitrogen and oxygen atoms in total. The van der Waals surface area contributed by atoms with Crippen LogP contribution in [0, 0.1) is 12.8 Å². The molecule has 1 aliphatic heterocycles. The van der Waals surface area contributed by atoms with Crippen molar-refractivity contribution in [2.75, 3.05) is 13.2 Å². The number of nitrogens with one attached hydrogen (secondary N) is 1. The fourth-order valence-electron chi connectivity index (χ4n) is 1.95. The van der Waals surface area contributed by atoms with Gasteiger partial charge in [-0.2, -0.15) is 4.98 Å². The first-order chi connectivity index (χ1) is 9.72. The second-order valence-corrected chi connectivity index (χ2v) is 4.61. The lowest BCUT2D eigenvalue weighted by Crippen LogP contribution is -2.30. The maximum atomic E-state index is 11.8. The summed E-state index contributed by atoms with van der Waals surface area (Å²) < 4.78 is 15.2. The highest BCUT2D eigenvalue weighted by atomic mass is 16.5. The van der Waals surface area contributed by atoms with E-state index in [-0.39, 0.29) is 18.4 Å². The smallest absolute Gasteiger partial charge is 0.246 e. The minimum absolute atomic E-state index is 0.0560. The molecule has 2 aromatic rings. The molecule has 0 aliphatic carbocycles. The van der Waals surface area contributed by atoms with Gasteiger partial charge in [0, 0.05) is 12.7 Å². The maximum absolute atomic E-state index is 11.8. The Morgan fingerprint density at radius 3 is 3.05 bits per heavy atom. The standard InChI is InChI=1S/C12H14N4O4/c1-7-4-9(15-19-7)11-14-10(20-16-11)5-13-12(17)8-2-3-18-6-8/h4,8H,2-3,5-6H2,1H3,(H,13,17). The molecule has 1 N–H and O–H groups in total. The monoisotopic (exact) mass is 278 g/mol. The molecule has 1 saturated heterocycles. The first kappa shape index (κ1) is 12.8. The minimum Gasteiger partial charge on any atom is -0.381 e. The van der Waals surface area contributed by atoms with E-state index in [1.54, 1.807) is 13.0 Å². The van der Waals surface area contributed by atoms with E-state index < -0.39 is 0 Å². The van der Waals surface area contributed by atoms with Crippen molar-refractivity contribution in [1.82, 2.24) is 20.6 Å². The van der Waals surface area contributed by atoms with Gasteiger partial charge in [-0.3, -0.25) is 4.79 Å². The summed E-state index contributed by atoms with van der Waals surface area (Å²) in [5, 5.41) is 10.3. The van der Waals surface area contributed by atoms with Crippen LogP contribution in [0.15, 0.2) is 15.1 Å². The number of rotatable bonds is 4. The van der Waals surface area contributed by atoms with Gasteiger partial charge in [-0.25, -0.2) is 0 Å². The highest BCUT2D eigenvalue weighted by molar-refractivity contribution is 5.78. The number of amides is 1. The Morgan fingerprint density at radius 1 is 1.45 bits per heavy atom. The van der Waals surface area contributed by atoms with Gasteiger partial charge < -0.3 is 19.1 Å². The van der Waals surface area contributed by atoms with Crippen LogP contribution in [-0.2, 0) is 16.1 Å². The summed E-state index contributed by atoms with van der Waals surface area (Å²) in [5.74, 6) is 1.19. The van der Waals surface area contributed by atoms with Crippen molar-refractivity contribution in [3.8, 4) is 11.5 Å². The molecule has 3 heterocycles. The van der Waals surface area contributed by atoms with E-state index in [1.165, 1.54) is 0 Å². The van der Waals surface area contributed by atoms with Gasteiger partial charge >= 0.3 is 0 Å². The highest BCUT2D eigenvalue weighted by Crippen LogP contribution is 2.15. The molecule has 0 saturated carbocycles. The van der Waals surface area contributed by atoms with Gasteiger partial charge in [0.1, 0.15) is 5.76 Å². The van der Waals surface area contributed by atoms with Gasteiger partial charge in [-0.1, -0.05) is 10.3 Å². The van der Waals surface area contributed by atoms with Gasteiger partial charge in [0.25, 0.3) is 0 Å². The number of hydrogen-bond donors (Lipinski definition) is 1. The zero-order valence-electron chi connectivity index (χ0n) is 11.0. The summed E-state index contributed by atoms with van der Waals surface area (Å²) in [5.41, 5.74) is 0.507. The van der Waals surface area contributed by atoms with E-state index in [4.69, 9.17) is 13.8 Å². The van der Waals surface area contributed by atoms with Crippen molar-refractivity contribution in [2.45, 2.75) is 19.9 Å². The van der Waals surface area contributed by atoms with E-state index in [1.807, 2.05) is 0 Å². The Labute approximate surface area is 114 Å². The van der Waals surface area contributed by atoms with Gasteiger partial charge in [0.2, 0.25) is 17.6 Å². The third-order valence-corrected chi connectivity index (χ3v) is 3.04. The zero-order valence-corrected chi connectivity index (χ0v) is 11.0. The van der Waals surface area contributed by atoms with Gasteiger partial charge in [-0.15, -0.1) is 0 Å². The second-order valence-electron chi connectivity index (χ2n) is 4.61. The number of carbonyl (C=O) groups excluding carboxylic acids is 1. The highest BCUT2D eigenvalue weighted by Gasteiger charge is 2.23. The predicted octanol–water partition coefficient (Wildman–Crippen LogP) is 0.686. The largest absolute Gasteiger partial charge is 0.381 e. The zero-order chi connectivity index (χ0) is 13.9. The lowest BCUT2D eigenvalue weighted by atomic mass is 10.1. The lowest BCUT2D eigenvalue weighted by molar-refractivity contribution is -0.125. The van der Waals surface area contributed by atoms with Crippen LogP contribution in [0.25, 0.3) is 11.5 Å². The summed E-state index contributed by atoms with van der Waals surface area (Å²) in [6.45, 7) is 3.08. The van der Waals surface area contributed by atoms with Crippen molar-refractivity contribution in [2.24, 2.45) is 5.92 Å². The summed E-state index contributed by atoms with van der Waals surface area (Å²) in [6, 6.07) is 1.71. The Morgan fingerprint density at radius 2 is 2.35 bits per heavy atom. The molecule has 106 valence electrons. The van der Waals surface area contributed by atoms with Crippen LogP contribution in [0.1, 0.15) is 18.1 Å². The molecule has 1 unspecified atom stereocenters. The van der Waals surface area contributed by atoms with E-state index in [0.717, 1.165) is 6.42 Å². The van der Waals surface area contributed by atoms with Crippen LogP contribution in [0.5, 0.6) is 0 Å². The Bertz CT molecular complexity index is 600. The maximum Gasteiger partial charge on any atom is 0.246 e. The van der Waals surface area contributed by atoms with E-state index in [2.05, 4.69) is 20.6 Å². The van der Waals surface area contributed by atoms with Crippen molar-refractivity contribution in [1.29, 1.82) is 0 Å². The molecule has 0 radical (unpaired) electrons. The molecular formula is C12H14N4O4. The molecule has 0 spiro atoms. The fraction of sp³-hybridized carbons (Fsp3) is 0.500. The number of carbonyl (C=O) groups is 1. The quantitative estimate of drug-likeness (QED) is 0.877. The number of ether oxygens (including phenoxy) is 1. The first-order valence-corrected chi connectivity index (χ1v) is 6.34. The molecule has 0 bridgehead atoms. The third-order valence-electron chi connectivity index (χ3n) is 3.04. The fourth-order valence-corrected chi connectivity index (χ4v) is 1.95. The first-order valence-electron chi connectivity index (χ1n) is 6.34. The summed E-state index contributed by atoms with van der Waals surface area (Å²) in [6.07, 6.45) is 0.749. The molecule has 2 aromatic heterocycles. The molecule has 1 amide bonds. The third kappa shape index (κ3) is 2.69. The number of hydrogen-bond acceptors (Lipinski definition) is 7. The van der Waals surface area contributed by atoms with Crippen molar-refractivity contribution in [3.63, 3.8) is 0 Å². The van der Waals surface area contributed by atoms with Crippen LogP contribution in [-0.4, -0.2) is 34.4 Å². The van der Waals surface area contributed by atoms with Crippen LogP contribution >= 0.6 is 0 Å². The van der Waals surface area contributed by atoms with E-state index in [0.29, 0.717) is 36.4 Å². The normalized spacial score (nSPS) is 18.4. The molecule has 1 aliphatic rings. The Kier molecular flexibility index (Phi) is 3.46. The average Bonchev–Trinajstić information content (AvgIpc) is 3.16. The molecule has 1 fully saturated rings. The topological polar surface area (TPSA) is 103 Å². The van der Waals surface area contributed by atoms with Crippen LogP contribution in [0.4, 0.5) is 0 Å². The van der Waals surface area contributed by atoms with Crippen molar-refractivity contribution < 1.29 is 18.6 Å². The number of nitrogens with zero attached hydrogens (tertiary/aromatic N) is 3. The number of aromatic nitrogens is 3. The molecule has 0 aromatic carbocycles. The predicted molar refractivity (Wildman–Crippen MR) is 65.3 cm³/mol. The van der Waals surface area contributed by atoms with E-state index >= 15 is 0 Å². The summed E-state index contributed by atoms with van der Waals surface area (Å²) >= 11 is 0. The van der Waals surface area contributed by atoms with Gasteiger partial charge in [0.15, 0.2) is 5.69 Å². The van der Waals surface area contributed by atoms with Crippen LogP contribution < -0.4 is 5.32 Å². The van der Waals surface area contributed by atoms with Crippen molar-refractivity contribution in [3.05, 3.63) is 17.7 Å².